The highest BCUT2D eigenvalue weighted by molar-refractivity contribution is 6.34. The smallest absolute Gasteiger partial charge is 0.408 e. The molecule has 1 aliphatic carbocycles. The monoisotopic (exact) mass is 708 g/mol. The first kappa shape index (κ1) is 40.6. The minimum atomic E-state index is -4.53. The summed E-state index contributed by atoms with van der Waals surface area (Å²) in [5.74, 6) is -2.53. The second-order valence-electron chi connectivity index (χ2n) is 10.7. The summed E-state index contributed by atoms with van der Waals surface area (Å²) in [6.07, 6.45) is -1.98. The van der Waals surface area contributed by atoms with Crippen molar-refractivity contribution >= 4 is 35.1 Å². The Hall–Kier alpha value is -2.60. The maximum Gasteiger partial charge on any atom is 0.408 e. The molecular formula is C34H46Cl2F4N2O5. The molecule has 3 aliphatic rings. The summed E-state index contributed by atoms with van der Waals surface area (Å²) in [5.41, 5.74) is 0.400. The summed E-state index contributed by atoms with van der Waals surface area (Å²) in [4.78, 5) is 26.8. The number of carboxylic acid groups (broad SMARTS) is 1. The molecule has 2 unspecified atom stereocenters. The van der Waals surface area contributed by atoms with E-state index in [-0.39, 0.29) is 71.8 Å². The maximum atomic E-state index is 15.1. The molecule has 0 spiro atoms. The number of aliphatic carboxylic acids is 1. The number of nitrogens with zero attached hydrogens (tertiary/aromatic N) is 2. The largest absolute Gasteiger partial charge is 0.493 e. The molecule has 2 saturated heterocycles. The number of ether oxygens (including phenoxy) is 2. The number of amides is 1. The number of carbonyl (C=O) groups excluding carboxylic acids is 1. The van der Waals surface area contributed by atoms with Crippen LogP contribution in [0.1, 0.15) is 101 Å². The fourth-order valence-electron chi connectivity index (χ4n) is 5.50. The van der Waals surface area contributed by atoms with E-state index in [1.54, 1.807) is 0 Å². The van der Waals surface area contributed by atoms with Gasteiger partial charge in [0.25, 0.3) is 5.91 Å². The molecule has 2 heterocycles. The molecule has 1 saturated carbocycles. The standard InChI is InChI=1S/C28H28Cl2F4N2O5.3C2H6/c29-18-7-17(8-19(30)9-18)25(28(32,33)34)35-5-3-15(4-6-35)12-41-24-11-22(31)21(10-20(24)16-1-2-16)26(37)36-14-40-13-23(36)27(38)39;3*1-2/h7-11,15-16,23,25H,1-6,12-14H2,(H,38,39);3*1-2H3. The molecule has 2 aromatic carbocycles. The number of likely N-dealkylation sites (tertiary alicyclic amines) is 1. The number of rotatable bonds is 8. The fraction of sp³-hybridized carbons (Fsp3) is 0.588. The van der Waals surface area contributed by atoms with Crippen molar-refractivity contribution in [1.82, 2.24) is 9.80 Å². The van der Waals surface area contributed by atoms with Crippen LogP contribution in [-0.2, 0) is 9.53 Å². The van der Waals surface area contributed by atoms with Crippen molar-refractivity contribution in [3.63, 3.8) is 0 Å². The van der Waals surface area contributed by atoms with Crippen LogP contribution in [0.3, 0.4) is 0 Å². The van der Waals surface area contributed by atoms with E-state index in [4.69, 9.17) is 32.7 Å². The average Bonchev–Trinajstić information content (AvgIpc) is 3.76. The second kappa shape index (κ2) is 18.8. The van der Waals surface area contributed by atoms with Gasteiger partial charge in [0.2, 0.25) is 0 Å². The number of hydrogen-bond donors (Lipinski definition) is 1. The van der Waals surface area contributed by atoms with E-state index in [0.717, 1.165) is 23.8 Å². The first-order valence-corrected chi connectivity index (χ1v) is 17.0. The van der Waals surface area contributed by atoms with E-state index >= 15 is 4.39 Å². The molecule has 3 fully saturated rings. The summed E-state index contributed by atoms with van der Waals surface area (Å²) in [6, 6.07) is 3.48. The first-order valence-electron chi connectivity index (χ1n) is 16.3. The van der Waals surface area contributed by atoms with Crippen molar-refractivity contribution < 1.29 is 41.7 Å². The number of benzene rings is 2. The van der Waals surface area contributed by atoms with Crippen LogP contribution in [0, 0.1) is 11.7 Å². The molecule has 47 heavy (non-hydrogen) atoms. The van der Waals surface area contributed by atoms with Gasteiger partial charge in [0.05, 0.1) is 18.8 Å². The Kier molecular flexibility index (Phi) is 16.2. The zero-order chi connectivity index (χ0) is 35.5. The van der Waals surface area contributed by atoms with Crippen molar-refractivity contribution in [3.05, 3.63) is 62.9 Å². The van der Waals surface area contributed by atoms with Gasteiger partial charge in [0.1, 0.15) is 24.3 Å². The molecule has 0 radical (unpaired) electrons. The van der Waals surface area contributed by atoms with E-state index < -0.39 is 36.0 Å². The number of halogens is 6. The number of alkyl halides is 3. The molecule has 2 atom stereocenters. The van der Waals surface area contributed by atoms with Gasteiger partial charge >= 0.3 is 12.1 Å². The summed E-state index contributed by atoms with van der Waals surface area (Å²) in [6.45, 7) is 12.1. The van der Waals surface area contributed by atoms with E-state index in [1.165, 1.54) is 29.2 Å². The van der Waals surface area contributed by atoms with E-state index in [9.17, 15) is 27.9 Å². The van der Waals surface area contributed by atoms with Gasteiger partial charge in [-0.15, -0.1) is 0 Å². The third-order valence-corrected chi connectivity index (χ3v) is 8.21. The van der Waals surface area contributed by atoms with Crippen LogP contribution in [0.2, 0.25) is 10.0 Å². The second-order valence-corrected chi connectivity index (χ2v) is 11.6. The van der Waals surface area contributed by atoms with Crippen LogP contribution in [0.5, 0.6) is 5.75 Å². The van der Waals surface area contributed by atoms with Gasteiger partial charge < -0.3 is 14.6 Å². The number of hydrogen-bond acceptors (Lipinski definition) is 5. The average molecular weight is 710 g/mol. The van der Waals surface area contributed by atoms with Gasteiger partial charge in [-0.2, -0.15) is 13.2 Å². The molecule has 7 nitrogen and oxygen atoms in total. The third-order valence-electron chi connectivity index (χ3n) is 7.77. The zero-order valence-electron chi connectivity index (χ0n) is 27.8. The lowest BCUT2D eigenvalue weighted by Crippen LogP contribution is -2.44. The quantitative estimate of drug-likeness (QED) is 0.275. The molecule has 2 aliphatic heterocycles. The predicted octanol–water partition coefficient (Wildman–Crippen LogP) is 9.37. The van der Waals surface area contributed by atoms with Crippen molar-refractivity contribution in [1.29, 1.82) is 0 Å². The minimum absolute atomic E-state index is 0.0148. The van der Waals surface area contributed by atoms with Gasteiger partial charge in [-0.1, -0.05) is 64.7 Å². The van der Waals surface area contributed by atoms with Crippen LogP contribution in [0.4, 0.5) is 17.6 Å². The van der Waals surface area contributed by atoms with Crippen molar-refractivity contribution in [2.75, 3.05) is 33.0 Å². The predicted molar refractivity (Wildman–Crippen MR) is 176 cm³/mol. The highest BCUT2D eigenvalue weighted by Crippen LogP contribution is 2.46. The molecule has 264 valence electrons. The van der Waals surface area contributed by atoms with Gasteiger partial charge in [-0.05, 0) is 86.0 Å². The summed E-state index contributed by atoms with van der Waals surface area (Å²) < 4.78 is 68.5. The summed E-state index contributed by atoms with van der Waals surface area (Å²) in [7, 11) is 0. The van der Waals surface area contributed by atoms with Gasteiger partial charge in [0.15, 0.2) is 6.04 Å². The molecule has 1 amide bonds. The Labute approximate surface area is 285 Å². The van der Waals surface area contributed by atoms with Crippen molar-refractivity contribution in [2.45, 2.75) is 91.4 Å². The molecule has 2 aromatic rings. The van der Waals surface area contributed by atoms with Crippen molar-refractivity contribution in [2.24, 2.45) is 5.92 Å². The Bertz CT molecular complexity index is 1300. The lowest BCUT2D eigenvalue weighted by molar-refractivity contribution is -0.190. The highest BCUT2D eigenvalue weighted by Gasteiger charge is 2.46. The van der Waals surface area contributed by atoms with E-state index in [2.05, 4.69) is 0 Å². The molecular weight excluding hydrogens is 663 g/mol. The summed E-state index contributed by atoms with van der Waals surface area (Å²) in [5, 5.41) is 9.61. The Morgan fingerprint density at radius 2 is 1.53 bits per heavy atom. The van der Waals surface area contributed by atoms with Crippen LogP contribution in [-0.4, -0.2) is 72.0 Å². The Morgan fingerprint density at radius 3 is 2.04 bits per heavy atom. The maximum absolute atomic E-state index is 15.1. The molecule has 5 rings (SSSR count). The number of carboxylic acids is 1. The van der Waals surface area contributed by atoms with Crippen LogP contribution in [0.15, 0.2) is 30.3 Å². The van der Waals surface area contributed by atoms with Gasteiger partial charge in [-0.3, -0.25) is 14.6 Å². The van der Waals surface area contributed by atoms with Crippen LogP contribution < -0.4 is 4.74 Å². The van der Waals surface area contributed by atoms with Crippen LogP contribution >= 0.6 is 23.2 Å². The van der Waals surface area contributed by atoms with Gasteiger partial charge in [0, 0.05) is 16.1 Å². The van der Waals surface area contributed by atoms with E-state index in [1.807, 2.05) is 41.5 Å². The topological polar surface area (TPSA) is 79.3 Å². The minimum Gasteiger partial charge on any atom is -0.493 e. The molecule has 1 N–H and O–H groups in total. The molecule has 0 bridgehead atoms. The van der Waals surface area contributed by atoms with E-state index in [0.29, 0.717) is 18.4 Å². The highest BCUT2D eigenvalue weighted by atomic mass is 35.5. The normalized spacial score (nSPS) is 18.9. The molecule has 0 aromatic heterocycles. The lowest BCUT2D eigenvalue weighted by atomic mass is 9.94. The lowest BCUT2D eigenvalue weighted by Gasteiger charge is -2.38. The Morgan fingerprint density at radius 1 is 0.957 bits per heavy atom. The summed E-state index contributed by atoms with van der Waals surface area (Å²) >= 11 is 11.9. The number of carbonyl (C=O) groups is 2. The SMILES string of the molecule is CC.CC.CC.O=C(O)C1COCN1C(=O)c1cc(C2CC2)c(OCC2CCN(C(c3cc(Cl)cc(Cl)c3)C(F)(F)F)CC2)cc1F. The molecule has 13 heteroatoms. The first-order chi connectivity index (χ1) is 22.4. The Balaban J connectivity index is 0.00000121. The van der Waals surface area contributed by atoms with Crippen molar-refractivity contribution in [3.8, 4) is 5.75 Å². The fourth-order valence-corrected chi connectivity index (χ4v) is 6.04. The van der Waals surface area contributed by atoms with Gasteiger partial charge in [-0.25, -0.2) is 9.18 Å². The van der Waals surface area contributed by atoms with Crippen LogP contribution in [0.25, 0.3) is 0 Å². The third kappa shape index (κ3) is 10.7. The number of piperidine rings is 1. The zero-order valence-corrected chi connectivity index (χ0v) is 29.3.